The third-order valence-electron chi connectivity index (χ3n) is 3.36. The molecule has 0 heterocycles. The van der Waals surface area contributed by atoms with Crippen molar-refractivity contribution in [1.82, 2.24) is 5.32 Å². The largest absolute Gasteiger partial charge is 0.385 e. The summed E-state index contributed by atoms with van der Waals surface area (Å²) < 4.78 is 0. The Balaban J connectivity index is 1.90. The number of hydrogen-bond acceptors (Lipinski definition) is 2. The first-order valence-corrected chi connectivity index (χ1v) is 5.32. The summed E-state index contributed by atoms with van der Waals surface area (Å²) in [5.74, 6) is 0.938. The maximum atomic E-state index is 10.6. The van der Waals surface area contributed by atoms with Crippen LogP contribution in [0.2, 0.25) is 0 Å². The van der Waals surface area contributed by atoms with Crippen LogP contribution in [-0.4, -0.2) is 10.7 Å². The molecule has 0 aromatic rings. The predicted octanol–water partition coefficient (Wildman–Crippen LogP) is 1.88. The molecule has 2 nitrogen and oxygen atoms in total. The Morgan fingerprint density at radius 1 is 1.46 bits per heavy atom. The zero-order chi connectivity index (χ0) is 9.31. The molecule has 2 aliphatic carbocycles. The number of nitrogens with one attached hydrogen (secondary N) is 1. The number of rotatable bonds is 3. The molecule has 2 rings (SSSR count). The van der Waals surface area contributed by atoms with Crippen molar-refractivity contribution in [3.8, 4) is 0 Å². The molecule has 2 fully saturated rings. The summed E-state index contributed by atoms with van der Waals surface area (Å²) in [6.07, 6.45) is 9.79. The molecule has 0 amide bonds. The summed E-state index contributed by atoms with van der Waals surface area (Å²) >= 11 is 3.68. The van der Waals surface area contributed by atoms with E-state index in [1.165, 1.54) is 38.2 Å². The lowest BCUT2D eigenvalue weighted by Crippen LogP contribution is -2.37. The topological polar surface area (TPSA) is 29.1 Å². The lowest BCUT2D eigenvalue weighted by molar-refractivity contribution is -0.106. The van der Waals surface area contributed by atoms with Crippen LogP contribution in [0.4, 0.5) is 0 Å². The van der Waals surface area contributed by atoms with Gasteiger partial charge in [-0.2, -0.15) is 0 Å². The van der Waals surface area contributed by atoms with Gasteiger partial charge in [0.05, 0.1) is 0 Å². The zero-order valence-corrected chi connectivity index (χ0v) is 8.52. The second-order valence-corrected chi connectivity index (χ2v) is 4.68. The van der Waals surface area contributed by atoms with Gasteiger partial charge in [-0.25, -0.2) is 0 Å². The fraction of sp³-hybridized carbons (Fsp3) is 0.700. The average molecular weight is 197 g/mol. The first-order chi connectivity index (χ1) is 6.20. The summed E-state index contributed by atoms with van der Waals surface area (Å²) in [5.41, 5.74) is 0.324. The number of carbonyl (C=O) groups is 1. The summed E-state index contributed by atoms with van der Waals surface area (Å²) in [6, 6.07) is 0. The van der Waals surface area contributed by atoms with Gasteiger partial charge in [-0.15, -0.1) is 12.6 Å². The van der Waals surface area contributed by atoms with Crippen LogP contribution in [0.3, 0.4) is 0 Å². The number of fused-ring (bicyclic) bond motifs is 2. The van der Waals surface area contributed by atoms with Crippen molar-refractivity contribution in [1.29, 1.82) is 0 Å². The minimum Gasteiger partial charge on any atom is -0.385 e. The van der Waals surface area contributed by atoms with Gasteiger partial charge < -0.3 is 5.32 Å². The van der Waals surface area contributed by atoms with E-state index in [2.05, 4.69) is 17.9 Å². The van der Waals surface area contributed by atoms with Gasteiger partial charge in [0.2, 0.25) is 5.12 Å². The molecule has 0 radical (unpaired) electrons. The summed E-state index contributed by atoms with van der Waals surface area (Å²) in [4.78, 5) is 10.6. The highest BCUT2D eigenvalue weighted by molar-refractivity contribution is 7.97. The summed E-state index contributed by atoms with van der Waals surface area (Å²) in [5, 5.41) is 3.18. The first kappa shape index (κ1) is 9.13. The van der Waals surface area contributed by atoms with Crippen molar-refractivity contribution < 1.29 is 4.79 Å². The number of carbonyl (C=O) groups excluding carboxylic acids is 1. The van der Waals surface area contributed by atoms with E-state index in [1.807, 2.05) is 0 Å². The van der Waals surface area contributed by atoms with Crippen molar-refractivity contribution >= 4 is 17.7 Å². The van der Waals surface area contributed by atoms with Crippen LogP contribution in [0.1, 0.15) is 32.1 Å². The van der Waals surface area contributed by atoms with Crippen molar-refractivity contribution in [2.75, 3.05) is 0 Å². The highest BCUT2D eigenvalue weighted by Gasteiger charge is 2.43. The standard InChI is InChI=1S/C10H15NOS/c12-9(13)3-6-11-10-4-1-8(7-10)2-5-10/h3,6,8,11H,1-2,4-5,7H2,(H,12,13). The van der Waals surface area contributed by atoms with Crippen LogP contribution < -0.4 is 5.32 Å². The number of thiol groups is 1. The van der Waals surface area contributed by atoms with Crippen LogP contribution >= 0.6 is 12.6 Å². The van der Waals surface area contributed by atoms with Gasteiger partial charge in [-0.1, -0.05) is 0 Å². The summed E-state index contributed by atoms with van der Waals surface area (Å²) in [7, 11) is 0. The molecule has 0 atom stereocenters. The summed E-state index contributed by atoms with van der Waals surface area (Å²) in [6.45, 7) is 0. The van der Waals surface area contributed by atoms with Crippen LogP contribution in [0, 0.1) is 5.92 Å². The molecule has 2 aliphatic rings. The molecule has 72 valence electrons. The minimum absolute atomic E-state index is 0.184. The third-order valence-corrected chi connectivity index (χ3v) is 3.51. The molecule has 0 saturated heterocycles. The average Bonchev–Trinajstić information content (AvgIpc) is 2.62. The van der Waals surface area contributed by atoms with Crippen molar-refractivity contribution in [3.63, 3.8) is 0 Å². The Hall–Kier alpha value is -0.440. The Morgan fingerprint density at radius 2 is 2.15 bits per heavy atom. The van der Waals surface area contributed by atoms with E-state index in [0.717, 1.165) is 5.92 Å². The fourth-order valence-corrected chi connectivity index (χ4v) is 2.76. The van der Waals surface area contributed by atoms with Gasteiger partial charge in [0, 0.05) is 17.8 Å². The molecule has 2 bridgehead atoms. The fourth-order valence-electron chi connectivity index (χ4n) is 2.68. The van der Waals surface area contributed by atoms with Crippen molar-refractivity contribution in [2.45, 2.75) is 37.6 Å². The van der Waals surface area contributed by atoms with Crippen molar-refractivity contribution in [3.05, 3.63) is 12.3 Å². The van der Waals surface area contributed by atoms with E-state index in [9.17, 15) is 4.79 Å². The molecule has 0 aromatic heterocycles. The lowest BCUT2D eigenvalue weighted by atomic mass is 9.94. The molecular weight excluding hydrogens is 182 g/mol. The zero-order valence-electron chi connectivity index (χ0n) is 7.62. The molecule has 1 N–H and O–H groups in total. The predicted molar refractivity (Wildman–Crippen MR) is 55.6 cm³/mol. The molecule has 0 spiro atoms. The van der Waals surface area contributed by atoms with E-state index in [1.54, 1.807) is 6.20 Å². The lowest BCUT2D eigenvalue weighted by Gasteiger charge is -2.26. The quantitative estimate of drug-likeness (QED) is 0.534. The number of hydrogen-bond donors (Lipinski definition) is 2. The van der Waals surface area contributed by atoms with Crippen molar-refractivity contribution in [2.24, 2.45) is 5.92 Å². The monoisotopic (exact) mass is 197 g/mol. The van der Waals surface area contributed by atoms with Gasteiger partial charge >= 0.3 is 0 Å². The maximum Gasteiger partial charge on any atom is 0.210 e. The van der Waals surface area contributed by atoms with Gasteiger partial charge in [0.1, 0.15) is 0 Å². The SMILES string of the molecule is O=C(S)C=CNC12CCC(CC1)C2. The third kappa shape index (κ3) is 1.90. The molecule has 3 heteroatoms. The van der Waals surface area contributed by atoms with E-state index in [-0.39, 0.29) is 5.12 Å². The highest BCUT2D eigenvalue weighted by atomic mass is 32.1. The Bertz CT molecular complexity index is 241. The molecule has 0 aromatic carbocycles. The second kappa shape index (κ2) is 3.37. The normalized spacial score (nSPS) is 37.2. The second-order valence-electron chi connectivity index (χ2n) is 4.24. The molecule has 0 unspecified atom stereocenters. The smallest absolute Gasteiger partial charge is 0.210 e. The Labute approximate surface area is 84.2 Å². The molecule has 13 heavy (non-hydrogen) atoms. The highest BCUT2D eigenvalue weighted by Crippen LogP contribution is 2.47. The van der Waals surface area contributed by atoms with Crippen LogP contribution in [-0.2, 0) is 4.79 Å². The Kier molecular flexibility index (Phi) is 2.37. The minimum atomic E-state index is -0.184. The molecule has 2 saturated carbocycles. The maximum absolute atomic E-state index is 10.6. The van der Waals surface area contributed by atoms with Gasteiger partial charge in [0.25, 0.3) is 0 Å². The van der Waals surface area contributed by atoms with Gasteiger partial charge in [0.15, 0.2) is 0 Å². The Morgan fingerprint density at radius 3 is 2.62 bits per heavy atom. The van der Waals surface area contributed by atoms with Gasteiger partial charge in [-0.3, -0.25) is 4.79 Å². The van der Waals surface area contributed by atoms with Crippen LogP contribution in [0.5, 0.6) is 0 Å². The van der Waals surface area contributed by atoms with E-state index >= 15 is 0 Å². The first-order valence-electron chi connectivity index (χ1n) is 4.87. The molecule has 0 aliphatic heterocycles. The van der Waals surface area contributed by atoms with E-state index in [0.29, 0.717) is 5.54 Å². The van der Waals surface area contributed by atoms with E-state index < -0.39 is 0 Å². The molecular formula is C10H15NOS. The van der Waals surface area contributed by atoms with E-state index in [4.69, 9.17) is 0 Å². The van der Waals surface area contributed by atoms with Gasteiger partial charge in [-0.05, 0) is 38.0 Å². The van der Waals surface area contributed by atoms with Crippen LogP contribution in [0.15, 0.2) is 12.3 Å². The van der Waals surface area contributed by atoms with Crippen LogP contribution in [0.25, 0.3) is 0 Å².